The van der Waals surface area contributed by atoms with Gasteiger partial charge < -0.3 is 15.2 Å². The lowest BCUT2D eigenvalue weighted by Crippen LogP contribution is -1.99. The summed E-state index contributed by atoms with van der Waals surface area (Å²) < 4.78 is 12.2. The zero-order valence-corrected chi connectivity index (χ0v) is 12.3. The number of hydrogen-bond acceptors (Lipinski definition) is 3. The van der Waals surface area contributed by atoms with Crippen LogP contribution in [0.15, 0.2) is 46.9 Å². The van der Waals surface area contributed by atoms with Crippen LogP contribution in [0, 0.1) is 0 Å². The van der Waals surface area contributed by atoms with Crippen molar-refractivity contribution in [3.05, 3.63) is 52.5 Å². The molecule has 3 nitrogen and oxygen atoms in total. The van der Waals surface area contributed by atoms with Gasteiger partial charge in [-0.2, -0.15) is 0 Å². The van der Waals surface area contributed by atoms with Crippen LogP contribution in [-0.4, -0.2) is 6.61 Å². The van der Waals surface area contributed by atoms with E-state index in [1.807, 2.05) is 43.3 Å². The van der Waals surface area contributed by atoms with Crippen molar-refractivity contribution in [1.29, 1.82) is 0 Å². The van der Waals surface area contributed by atoms with Gasteiger partial charge in [-0.05, 0) is 36.8 Å². The van der Waals surface area contributed by atoms with Crippen LogP contribution in [0.4, 0.5) is 5.69 Å². The summed E-state index contributed by atoms with van der Waals surface area (Å²) in [4.78, 5) is 0. The van der Waals surface area contributed by atoms with Crippen molar-refractivity contribution in [3.8, 4) is 11.5 Å². The third kappa shape index (κ3) is 3.89. The summed E-state index contributed by atoms with van der Waals surface area (Å²) in [6, 6.07) is 13.5. The maximum Gasteiger partial charge on any atom is 0.145 e. The van der Waals surface area contributed by atoms with Gasteiger partial charge in [-0.1, -0.05) is 28.1 Å². The largest absolute Gasteiger partial charge is 0.492 e. The molecule has 0 aliphatic heterocycles. The molecule has 0 fully saturated rings. The van der Waals surface area contributed by atoms with Crippen LogP contribution < -0.4 is 15.2 Å². The predicted octanol–water partition coefficient (Wildman–Crippen LogP) is 4.01. The van der Waals surface area contributed by atoms with E-state index < -0.39 is 0 Å². The van der Waals surface area contributed by atoms with Crippen molar-refractivity contribution in [2.75, 3.05) is 12.3 Å². The summed E-state index contributed by atoms with van der Waals surface area (Å²) in [5, 5.41) is 0. The second-order valence-electron chi connectivity index (χ2n) is 4.05. The molecule has 2 aromatic rings. The van der Waals surface area contributed by atoms with Crippen LogP contribution in [0.3, 0.4) is 0 Å². The molecule has 0 aromatic heterocycles. The minimum absolute atomic E-state index is 0.517. The molecule has 0 saturated heterocycles. The van der Waals surface area contributed by atoms with Gasteiger partial charge in [-0.15, -0.1) is 0 Å². The smallest absolute Gasteiger partial charge is 0.145 e. The molecule has 0 heterocycles. The minimum atomic E-state index is 0.517. The monoisotopic (exact) mass is 321 g/mol. The molecule has 0 amide bonds. The van der Waals surface area contributed by atoms with Crippen LogP contribution in [0.2, 0.25) is 0 Å². The van der Waals surface area contributed by atoms with Gasteiger partial charge in [0.25, 0.3) is 0 Å². The first-order chi connectivity index (χ1) is 9.19. The van der Waals surface area contributed by atoms with E-state index in [9.17, 15) is 0 Å². The van der Waals surface area contributed by atoms with E-state index in [4.69, 9.17) is 15.2 Å². The second kappa shape index (κ2) is 6.48. The molecular weight excluding hydrogens is 306 g/mol. The van der Waals surface area contributed by atoms with E-state index in [0.29, 0.717) is 24.7 Å². The normalized spacial score (nSPS) is 10.2. The van der Waals surface area contributed by atoms with E-state index in [1.165, 1.54) is 0 Å². The number of rotatable bonds is 5. The summed E-state index contributed by atoms with van der Waals surface area (Å²) in [5.74, 6) is 1.41. The van der Waals surface area contributed by atoms with Gasteiger partial charge in [0.15, 0.2) is 0 Å². The van der Waals surface area contributed by atoms with E-state index in [2.05, 4.69) is 15.9 Å². The number of ether oxygens (including phenoxy) is 2. The molecule has 2 aromatic carbocycles. The molecule has 0 atom stereocenters. The van der Waals surface area contributed by atoms with Gasteiger partial charge in [0.2, 0.25) is 0 Å². The highest BCUT2D eigenvalue weighted by Gasteiger charge is 2.03. The fraction of sp³-hybridized carbons (Fsp3) is 0.200. The Morgan fingerprint density at radius 1 is 1.05 bits per heavy atom. The quantitative estimate of drug-likeness (QED) is 0.846. The van der Waals surface area contributed by atoms with Crippen LogP contribution in [0.25, 0.3) is 0 Å². The first-order valence-electron chi connectivity index (χ1n) is 6.08. The van der Waals surface area contributed by atoms with E-state index >= 15 is 0 Å². The van der Waals surface area contributed by atoms with E-state index in [0.717, 1.165) is 15.8 Å². The molecule has 4 heteroatoms. The highest BCUT2D eigenvalue weighted by atomic mass is 79.9. The van der Waals surface area contributed by atoms with Gasteiger partial charge in [0.05, 0.1) is 12.3 Å². The first-order valence-corrected chi connectivity index (χ1v) is 6.88. The van der Waals surface area contributed by atoms with Crippen molar-refractivity contribution in [1.82, 2.24) is 0 Å². The molecular formula is C15H16BrNO2. The Bertz CT molecular complexity index is 540. The van der Waals surface area contributed by atoms with Crippen LogP contribution >= 0.6 is 15.9 Å². The number of hydrogen-bond donors (Lipinski definition) is 1. The zero-order valence-electron chi connectivity index (χ0n) is 10.7. The first kappa shape index (κ1) is 13.7. The lowest BCUT2D eigenvalue weighted by atomic mass is 10.2. The number of benzene rings is 2. The predicted molar refractivity (Wildman–Crippen MR) is 80.5 cm³/mol. The van der Waals surface area contributed by atoms with E-state index in [1.54, 1.807) is 6.07 Å². The average molecular weight is 322 g/mol. The SMILES string of the molecule is CCOc1cc(OCc2ccc(Br)cc2)ccc1N. The van der Waals surface area contributed by atoms with Crippen molar-refractivity contribution >= 4 is 21.6 Å². The lowest BCUT2D eigenvalue weighted by Gasteiger charge is -2.10. The van der Waals surface area contributed by atoms with Gasteiger partial charge in [-0.25, -0.2) is 0 Å². The van der Waals surface area contributed by atoms with Crippen molar-refractivity contribution in [2.45, 2.75) is 13.5 Å². The topological polar surface area (TPSA) is 44.5 Å². The van der Waals surface area contributed by atoms with Gasteiger partial charge in [-0.3, -0.25) is 0 Å². The Morgan fingerprint density at radius 3 is 2.47 bits per heavy atom. The fourth-order valence-corrected chi connectivity index (χ4v) is 1.90. The van der Waals surface area contributed by atoms with Gasteiger partial charge in [0.1, 0.15) is 18.1 Å². The third-order valence-corrected chi connectivity index (χ3v) is 3.13. The summed E-state index contributed by atoms with van der Waals surface area (Å²) in [5.41, 5.74) is 7.55. The molecule has 0 saturated carbocycles. The zero-order chi connectivity index (χ0) is 13.7. The summed E-state index contributed by atoms with van der Waals surface area (Å²) in [6.07, 6.45) is 0. The number of nitrogens with two attached hydrogens (primary N) is 1. The Morgan fingerprint density at radius 2 is 1.79 bits per heavy atom. The third-order valence-electron chi connectivity index (χ3n) is 2.60. The summed E-state index contributed by atoms with van der Waals surface area (Å²) in [7, 11) is 0. The number of anilines is 1. The molecule has 0 bridgehead atoms. The molecule has 0 unspecified atom stereocenters. The Hall–Kier alpha value is -1.68. The molecule has 2 rings (SSSR count). The fourth-order valence-electron chi connectivity index (χ4n) is 1.63. The van der Waals surface area contributed by atoms with E-state index in [-0.39, 0.29) is 0 Å². The molecule has 19 heavy (non-hydrogen) atoms. The van der Waals surface area contributed by atoms with Crippen LogP contribution in [-0.2, 0) is 6.61 Å². The van der Waals surface area contributed by atoms with Crippen LogP contribution in [0.1, 0.15) is 12.5 Å². The summed E-state index contributed by atoms with van der Waals surface area (Å²) >= 11 is 3.40. The van der Waals surface area contributed by atoms with Crippen molar-refractivity contribution in [2.24, 2.45) is 0 Å². The highest BCUT2D eigenvalue weighted by Crippen LogP contribution is 2.27. The van der Waals surface area contributed by atoms with Crippen molar-refractivity contribution in [3.63, 3.8) is 0 Å². The molecule has 100 valence electrons. The Kier molecular flexibility index (Phi) is 4.68. The second-order valence-corrected chi connectivity index (χ2v) is 4.96. The molecule has 0 spiro atoms. The Labute approximate surface area is 121 Å². The lowest BCUT2D eigenvalue weighted by molar-refractivity contribution is 0.300. The number of nitrogen functional groups attached to an aromatic ring is 1. The standard InChI is InChI=1S/C15H16BrNO2/c1-2-18-15-9-13(7-8-14(15)17)19-10-11-3-5-12(16)6-4-11/h3-9H,2,10,17H2,1H3. The average Bonchev–Trinajstić information content (AvgIpc) is 2.42. The van der Waals surface area contributed by atoms with Crippen molar-refractivity contribution < 1.29 is 9.47 Å². The Balaban J connectivity index is 2.03. The minimum Gasteiger partial charge on any atom is -0.492 e. The number of halogens is 1. The molecule has 0 aliphatic rings. The van der Waals surface area contributed by atoms with Gasteiger partial charge in [0, 0.05) is 10.5 Å². The highest BCUT2D eigenvalue weighted by molar-refractivity contribution is 9.10. The van der Waals surface area contributed by atoms with Crippen LogP contribution in [0.5, 0.6) is 11.5 Å². The molecule has 0 aliphatic carbocycles. The maximum absolute atomic E-state index is 5.81. The summed E-state index contributed by atoms with van der Waals surface area (Å²) in [6.45, 7) is 3.03. The molecule has 0 radical (unpaired) electrons. The van der Waals surface area contributed by atoms with Gasteiger partial charge >= 0.3 is 0 Å². The molecule has 2 N–H and O–H groups in total. The maximum atomic E-state index is 5.81.